The van der Waals surface area contributed by atoms with Gasteiger partial charge in [-0.1, -0.05) is 6.58 Å². The number of esters is 2. The van der Waals surface area contributed by atoms with Crippen LogP contribution in [0.5, 0.6) is 0 Å². The first-order valence-electron chi connectivity index (χ1n) is 4.65. The van der Waals surface area contributed by atoms with E-state index in [0.717, 1.165) is 6.08 Å². The Labute approximate surface area is 89.6 Å². The van der Waals surface area contributed by atoms with Gasteiger partial charge in [-0.25, -0.2) is 4.79 Å². The molecule has 0 aromatic carbocycles. The topological polar surface area (TPSA) is 55.8 Å². The highest BCUT2D eigenvalue weighted by Crippen LogP contribution is 1.90. The summed E-state index contributed by atoms with van der Waals surface area (Å²) in [6.07, 6.45) is 1.13. The zero-order valence-corrected chi connectivity index (χ0v) is 9.19. The van der Waals surface area contributed by atoms with Crippen LogP contribution in [0.25, 0.3) is 0 Å². The molecule has 0 heterocycles. The van der Waals surface area contributed by atoms with Gasteiger partial charge in [0.25, 0.3) is 0 Å². The third kappa shape index (κ3) is 8.96. The Morgan fingerprint density at radius 2 is 1.93 bits per heavy atom. The van der Waals surface area contributed by atoms with E-state index in [4.69, 9.17) is 4.74 Å². The molecule has 0 saturated heterocycles. The number of hydrogen-bond donors (Lipinski definition) is 0. The van der Waals surface area contributed by atoms with Gasteiger partial charge in [0.1, 0.15) is 13.2 Å². The van der Waals surface area contributed by atoms with E-state index in [1.54, 1.807) is 0 Å². The summed E-state index contributed by atoms with van der Waals surface area (Å²) in [7, 11) is 3.78. The Morgan fingerprint density at radius 1 is 1.27 bits per heavy atom. The first kappa shape index (κ1) is 13.6. The van der Waals surface area contributed by atoms with Gasteiger partial charge in [0.15, 0.2) is 0 Å². The highest BCUT2D eigenvalue weighted by Gasteiger charge is 2.04. The number of carbonyl (C=O) groups is 2. The van der Waals surface area contributed by atoms with Crippen LogP contribution in [-0.2, 0) is 19.1 Å². The monoisotopic (exact) mass is 215 g/mol. The molecule has 0 unspecified atom stereocenters. The average molecular weight is 215 g/mol. The standard InChI is InChI=1S/C10H17NO4/c1-4-9(12)14-7-5-10(13)15-8-6-11(2)3/h4H,1,5-8H2,2-3H3. The molecule has 0 bridgehead atoms. The van der Waals surface area contributed by atoms with Gasteiger partial charge in [0.2, 0.25) is 0 Å². The van der Waals surface area contributed by atoms with Gasteiger partial charge in [-0.2, -0.15) is 0 Å². The van der Waals surface area contributed by atoms with Crippen LogP contribution in [-0.4, -0.2) is 50.7 Å². The van der Waals surface area contributed by atoms with Crippen LogP contribution in [0.1, 0.15) is 6.42 Å². The lowest BCUT2D eigenvalue weighted by Gasteiger charge is -2.09. The van der Waals surface area contributed by atoms with Gasteiger partial charge >= 0.3 is 11.9 Å². The lowest BCUT2D eigenvalue weighted by Crippen LogP contribution is -2.20. The molecular weight excluding hydrogens is 198 g/mol. The molecule has 0 amide bonds. The molecule has 0 aliphatic rings. The second-order valence-electron chi connectivity index (χ2n) is 3.15. The van der Waals surface area contributed by atoms with Crippen molar-refractivity contribution >= 4 is 11.9 Å². The molecule has 86 valence electrons. The molecule has 0 spiro atoms. The number of ether oxygens (including phenoxy) is 2. The Kier molecular flexibility index (Phi) is 7.27. The normalized spacial score (nSPS) is 9.80. The van der Waals surface area contributed by atoms with E-state index in [9.17, 15) is 9.59 Å². The van der Waals surface area contributed by atoms with Crippen LogP contribution < -0.4 is 0 Å². The van der Waals surface area contributed by atoms with Gasteiger partial charge in [0, 0.05) is 12.6 Å². The van der Waals surface area contributed by atoms with Crippen molar-refractivity contribution in [3.8, 4) is 0 Å². The van der Waals surface area contributed by atoms with Crippen molar-refractivity contribution < 1.29 is 19.1 Å². The number of hydrogen-bond acceptors (Lipinski definition) is 5. The van der Waals surface area contributed by atoms with Crippen molar-refractivity contribution in [3.63, 3.8) is 0 Å². The predicted molar refractivity (Wildman–Crippen MR) is 55.3 cm³/mol. The highest BCUT2D eigenvalue weighted by molar-refractivity contribution is 5.81. The lowest BCUT2D eigenvalue weighted by molar-refractivity contribution is -0.147. The molecule has 15 heavy (non-hydrogen) atoms. The zero-order chi connectivity index (χ0) is 11.7. The third-order valence-electron chi connectivity index (χ3n) is 1.52. The van der Waals surface area contributed by atoms with E-state index < -0.39 is 5.97 Å². The summed E-state index contributed by atoms with van der Waals surface area (Å²) in [6, 6.07) is 0. The summed E-state index contributed by atoms with van der Waals surface area (Å²) in [4.78, 5) is 23.5. The summed E-state index contributed by atoms with van der Waals surface area (Å²) in [5.74, 6) is -0.898. The van der Waals surface area contributed by atoms with Crippen molar-refractivity contribution in [2.75, 3.05) is 33.9 Å². The van der Waals surface area contributed by atoms with E-state index in [1.807, 2.05) is 19.0 Å². The molecule has 0 atom stereocenters. The maximum absolute atomic E-state index is 11.0. The fourth-order valence-electron chi connectivity index (χ4n) is 0.708. The van der Waals surface area contributed by atoms with Crippen LogP contribution >= 0.6 is 0 Å². The highest BCUT2D eigenvalue weighted by atomic mass is 16.5. The first-order valence-corrected chi connectivity index (χ1v) is 4.65. The number of nitrogens with zero attached hydrogens (tertiary/aromatic N) is 1. The van der Waals surface area contributed by atoms with Crippen molar-refractivity contribution in [2.24, 2.45) is 0 Å². The molecule has 0 radical (unpaired) electrons. The molecule has 0 fully saturated rings. The molecule has 0 aliphatic carbocycles. The summed E-state index contributed by atoms with van der Waals surface area (Å²) in [6.45, 7) is 4.29. The van der Waals surface area contributed by atoms with Crippen LogP contribution in [0.15, 0.2) is 12.7 Å². The van der Waals surface area contributed by atoms with E-state index in [-0.39, 0.29) is 19.0 Å². The van der Waals surface area contributed by atoms with Crippen molar-refractivity contribution in [3.05, 3.63) is 12.7 Å². The fraction of sp³-hybridized carbons (Fsp3) is 0.600. The second kappa shape index (κ2) is 7.99. The van der Waals surface area contributed by atoms with Gasteiger partial charge in [-0.05, 0) is 14.1 Å². The predicted octanol–water partition coefficient (Wildman–Crippen LogP) is 0.210. The van der Waals surface area contributed by atoms with Crippen LogP contribution in [0.4, 0.5) is 0 Å². The van der Waals surface area contributed by atoms with E-state index >= 15 is 0 Å². The zero-order valence-electron chi connectivity index (χ0n) is 9.19. The fourth-order valence-corrected chi connectivity index (χ4v) is 0.708. The van der Waals surface area contributed by atoms with Gasteiger partial charge in [-0.3, -0.25) is 4.79 Å². The molecular formula is C10H17NO4. The second-order valence-corrected chi connectivity index (χ2v) is 3.15. The Hall–Kier alpha value is -1.36. The smallest absolute Gasteiger partial charge is 0.330 e. The van der Waals surface area contributed by atoms with Crippen LogP contribution in [0.3, 0.4) is 0 Å². The Bertz CT molecular complexity index is 225. The van der Waals surface area contributed by atoms with Crippen LogP contribution in [0, 0.1) is 0 Å². The largest absolute Gasteiger partial charge is 0.464 e. The third-order valence-corrected chi connectivity index (χ3v) is 1.52. The maximum atomic E-state index is 11.0. The van der Waals surface area contributed by atoms with Crippen molar-refractivity contribution in [1.82, 2.24) is 4.90 Å². The molecule has 0 aromatic heterocycles. The summed E-state index contributed by atoms with van der Waals surface area (Å²) in [5, 5.41) is 0. The number of rotatable bonds is 7. The summed E-state index contributed by atoms with van der Waals surface area (Å²) < 4.78 is 9.49. The van der Waals surface area contributed by atoms with E-state index in [0.29, 0.717) is 13.2 Å². The van der Waals surface area contributed by atoms with Crippen molar-refractivity contribution in [2.45, 2.75) is 6.42 Å². The maximum Gasteiger partial charge on any atom is 0.330 e. The molecule has 5 nitrogen and oxygen atoms in total. The minimum atomic E-state index is -0.531. The van der Waals surface area contributed by atoms with Gasteiger partial charge < -0.3 is 14.4 Å². The minimum Gasteiger partial charge on any atom is -0.464 e. The minimum absolute atomic E-state index is 0.0334. The molecule has 0 aromatic rings. The lowest BCUT2D eigenvalue weighted by atomic mass is 10.4. The van der Waals surface area contributed by atoms with Crippen molar-refractivity contribution in [1.29, 1.82) is 0 Å². The molecule has 0 rings (SSSR count). The number of carbonyl (C=O) groups excluding carboxylic acids is 2. The Balaban J connectivity index is 3.41. The SMILES string of the molecule is C=CC(=O)OCCC(=O)OCCN(C)C. The van der Waals surface area contributed by atoms with Gasteiger partial charge in [-0.15, -0.1) is 0 Å². The van der Waals surface area contributed by atoms with Gasteiger partial charge in [0.05, 0.1) is 6.42 Å². The molecule has 0 aliphatic heterocycles. The quantitative estimate of drug-likeness (QED) is 0.449. The molecule has 0 saturated carbocycles. The first-order chi connectivity index (χ1) is 7.06. The molecule has 0 N–H and O–H groups in total. The number of likely N-dealkylation sites (N-methyl/N-ethyl adjacent to an activating group) is 1. The summed E-state index contributed by atoms with van der Waals surface area (Å²) in [5.41, 5.74) is 0. The van der Waals surface area contributed by atoms with E-state index in [2.05, 4.69) is 11.3 Å². The summed E-state index contributed by atoms with van der Waals surface area (Å²) >= 11 is 0. The van der Waals surface area contributed by atoms with E-state index in [1.165, 1.54) is 0 Å². The van der Waals surface area contributed by atoms with Crippen LogP contribution in [0.2, 0.25) is 0 Å². The Morgan fingerprint density at radius 3 is 2.47 bits per heavy atom. The average Bonchev–Trinajstić information content (AvgIpc) is 2.17. The molecule has 5 heteroatoms.